The molecule has 0 aromatic heterocycles. The van der Waals surface area contributed by atoms with Crippen LogP contribution < -0.4 is 15.3 Å². The maximum absolute atomic E-state index is 11.2. The van der Waals surface area contributed by atoms with Crippen molar-refractivity contribution in [3.05, 3.63) is 0 Å². The van der Waals surface area contributed by atoms with Crippen LogP contribution >= 0.6 is 0 Å². The van der Waals surface area contributed by atoms with Crippen molar-refractivity contribution in [1.82, 2.24) is 0 Å². The number of hydrogen-bond acceptors (Lipinski definition) is 3. The van der Waals surface area contributed by atoms with Gasteiger partial charge in [0.25, 0.3) is 0 Å². The normalized spacial score (nSPS) is 16.5. The van der Waals surface area contributed by atoms with Crippen molar-refractivity contribution in [1.29, 1.82) is 0 Å². The Bertz CT molecular complexity index is 422. The summed E-state index contributed by atoms with van der Waals surface area (Å²) in [7, 11) is 0. The molecule has 0 aromatic carbocycles. The quantitative estimate of drug-likeness (QED) is 0.417. The Balaban J connectivity index is -0.000000174. The van der Waals surface area contributed by atoms with Crippen molar-refractivity contribution < 1.29 is 94.3 Å². The van der Waals surface area contributed by atoms with Crippen LogP contribution in [0.3, 0.4) is 0 Å². The monoisotopic (exact) mass is 528 g/mol. The van der Waals surface area contributed by atoms with Crippen LogP contribution in [0.15, 0.2) is 0 Å². The average molecular weight is 528 g/mol. The summed E-state index contributed by atoms with van der Waals surface area (Å²) in [5, 5.41) is 27.2. The second kappa shape index (κ2) is 11.9. The van der Waals surface area contributed by atoms with Gasteiger partial charge in [-0.05, 0) is 0 Å². The molecule has 3 unspecified atom stereocenters. The van der Waals surface area contributed by atoms with E-state index in [4.69, 9.17) is 15.3 Å². The van der Waals surface area contributed by atoms with Gasteiger partial charge in [0, 0.05) is 0 Å². The number of alkyl halides is 18. The van der Waals surface area contributed by atoms with Crippen LogP contribution in [-0.2, 0) is 0 Å². The molecule has 0 heterocycles. The largest absolute Gasteiger partial charge is 3.00 e. The van der Waals surface area contributed by atoms with E-state index >= 15 is 0 Å². The van der Waals surface area contributed by atoms with Crippen LogP contribution in [0.4, 0.5) is 79.0 Å². The van der Waals surface area contributed by atoms with Gasteiger partial charge in [-0.2, -0.15) is 65.9 Å². The van der Waals surface area contributed by atoms with E-state index in [-0.39, 0.29) is 17.4 Å². The Kier molecular flexibility index (Phi) is 14.3. The number of rotatable bonds is 3. The predicted octanol–water partition coefficient (Wildman–Crippen LogP) is 2.14. The summed E-state index contributed by atoms with van der Waals surface area (Å²) in [5.41, 5.74) is 0. The molecular weight excluding hydrogens is 525 g/mol. The third-order valence-corrected chi connectivity index (χ3v) is 1.99. The molecule has 0 spiro atoms. The fraction of sp³-hybridized carbons (Fsp3) is 1.00. The van der Waals surface area contributed by atoms with E-state index in [1.165, 1.54) is 0 Å². The van der Waals surface area contributed by atoms with Crippen LogP contribution in [0.2, 0.25) is 0 Å². The molecule has 0 aromatic rings. The van der Waals surface area contributed by atoms with Gasteiger partial charge in [0.2, 0.25) is 0 Å². The summed E-state index contributed by atoms with van der Waals surface area (Å²) in [6.45, 7) is 0. The van der Waals surface area contributed by atoms with Crippen LogP contribution in [-0.4, -0.2) is 72.7 Å². The molecule has 0 aliphatic heterocycles. The van der Waals surface area contributed by atoms with Gasteiger partial charge in [0.15, 0.2) is 0 Å². The third-order valence-electron chi connectivity index (χ3n) is 1.99. The van der Waals surface area contributed by atoms with Crippen molar-refractivity contribution in [3.8, 4) is 0 Å². The van der Waals surface area contributed by atoms with Crippen LogP contribution in [0.1, 0.15) is 0 Å². The zero-order chi connectivity index (χ0) is 25.7. The molecule has 22 heteroatoms. The molecule has 0 amide bonds. The molecule has 0 N–H and O–H groups in total. The van der Waals surface area contributed by atoms with Gasteiger partial charge in [0.05, 0.1) is 0 Å². The molecule has 0 saturated heterocycles. The van der Waals surface area contributed by atoms with E-state index in [9.17, 15) is 79.0 Å². The Labute approximate surface area is 168 Å². The first-order valence-corrected chi connectivity index (χ1v) is 5.81. The van der Waals surface area contributed by atoms with E-state index in [1.807, 2.05) is 0 Å². The molecule has 3 nitrogen and oxygen atoms in total. The molecule has 186 valence electrons. The van der Waals surface area contributed by atoms with Crippen molar-refractivity contribution in [2.45, 2.75) is 55.4 Å². The summed E-state index contributed by atoms with van der Waals surface area (Å²) in [6.07, 6.45) is -31.7. The summed E-state index contributed by atoms with van der Waals surface area (Å²) < 4.78 is 198. The first kappa shape index (κ1) is 37.5. The zero-order valence-corrected chi connectivity index (χ0v) is 14.5. The molecule has 0 aliphatic carbocycles. The SMILES string of the molecule is [Al+3].[O-]C(F)C(F)(F)C(F)(F)F.[O-]C(F)C(F)(F)C(F)(F)F.[O-]C(F)C(F)(F)C(F)(F)F. The second-order valence-electron chi connectivity index (χ2n) is 4.31. The molecule has 0 radical (unpaired) electrons. The number of halogens is 18. The van der Waals surface area contributed by atoms with Gasteiger partial charge in [0.1, 0.15) is 19.1 Å². The molecule has 0 rings (SSSR count). The van der Waals surface area contributed by atoms with Gasteiger partial charge in [-0.3, -0.25) is 13.2 Å². The van der Waals surface area contributed by atoms with Crippen molar-refractivity contribution in [2.24, 2.45) is 0 Å². The van der Waals surface area contributed by atoms with E-state index < -0.39 is 55.4 Å². The average Bonchev–Trinajstić information content (AvgIpc) is 2.44. The fourth-order valence-electron chi connectivity index (χ4n) is 0.386. The van der Waals surface area contributed by atoms with Crippen molar-refractivity contribution in [3.63, 3.8) is 0 Å². The van der Waals surface area contributed by atoms with Gasteiger partial charge in [-0.1, -0.05) is 0 Å². The standard InChI is InChI=1S/3C3HF6O.Al/c3*4-1(10)2(5,6)3(7,8)9;/h3*1H;/q3*-1;+3. The van der Waals surface area contributed by atoms with E-state index in [0.717, 1.165) is 0 Å². The smallest absolute Gasteiger partial charge is 0.822 e. The first-order chi connectivity index (χ1) is 12.6. The summed E-state index contributed by atoms with van der Waals surface area (Å²) in [5.74, 6) is -17.4. The Morgan fingerprint density at radius 2 is 0.452 bits per heavy atom. The minimum absolute atomic E-state index is 0. The zero-order valence-electron chi connectivity index (χ0n) is 13.3. The van der Waals surface area contributed by atoms with Crippen molar-refractivity contribution >= 4 is 17.4 Å². The second-order valence-corrected chi connectivity index (χ2v) is 4.31. The van der Waals surface area contributed by atoms with Crippen molar-refractivity contribution in [2.75, 3.05) is 0 Å². The maximum atomic E-state index is 11.2. The first-order valence-electron chi connectivity index (χ1n) is 5.81. The van der Waals surface area contributed by atoms with Gasteiger partial charge in [-0.15, -0.1) is 0 Å². The van der Waals surface area contributed by atoms with Gasteiger partial charge < -0.3 is 15.3 Å². The summed E-state index contributed by atoms with van der Waals surface area (Å²) >= 11 is 0. The Morgan fingerprint density at radius 3 is 0.452 bits per heavy atom. The molecule has 3 atom stereocenters. The molecule has 0 fully saturated rings. The molecule has 0 bridgehead atoms. The predicted molar refractivity (Wildman–Crippen MR) is 53.4 cm³/mol. The molecule has 0 saturated carbocycles. The third kappa shape index (κ3) is 11.0. The Hall–Kier alpha value is -0.848. The van der Waals surface area contributed by atoms with Gasteiger partial charge >= 0.3 is 53.7 Å². The fourth-order valence-corrected chi connectivity index (χ4v) is 0.386. The topological polar surface area (TPSA) is 69.2 Å². The number of hydrogen-bond donors (Lipinski definition) is 0. The molecule has 31 heavy (non-hydrogen) atoms. The minimum atomic E-state index is -6.10. The summed E-state index contributed by atoms with van der Waals surface area (Å²) in [6, 6.07) is 0. The van der Waals surface area contributed by atoms with E-state index in [0.29, 0.717) is 0 Å². The minimum Gasteiger partial charge on any atom is -0.822 e. The van der Waals surface area contributed by atoms with Crippen LogP contribution in [0.5, 0.6) is 0 Å². The van der Waals surface area contributed by atoms with E-state index in [1.54, 1.807) is 0 Å². The van der Waals surface area contributed by atoms with Gasteiger partial charge in [-0.25, -0.2) is 0 Å². The van der Waals surface area contributed by atoms with Crippen LogP contribution in [0, 0.1) is 0 Å². The molecular formula is C9H3AlF18O3. The maximum Gasteiger partial charge on any atom is 3.00 e. The van der Waals surface area contributed by atoms with E-state index in [2.05, 4.69) is 0 Å². The summed E-state index contributed by atoms with van der Waals surface area (Å²) in [4.78, 5) is 0. The van der Waals surface area contributed by atoms with Crippen LogP contribution in [0.25, 0.3) is 0 Å². The molecule has 0 aliphatic rings. The Morgan fingerprint density at radius 1 is 0.355 bits per heavy atom.